The van der Waals surface area contributed by atoms with Gasteiger partial charge >= 0.3 is 0 Å². The maximum Gasteiger partial charge on any atom is 0.252 e. The number of benzene rings is 1. The normalized spacial score (nSPS) is 9.62. The molecule has 0 saturated carbocycles. The van der Waals surface area contributed by atoms with Crippen LogP contribution >= 0.6 is 11.6 Å². The Balaban J connectivity index is 2.65. The number of carbonyl (C=O) groups excluding carboxylic acids is 3. The molecule has 0 aliphatic heterocycles. The Kier molecular flexibility index (Phi) is 4.19. The van der Waals surface area contributed by atoms with Crippen LogP contribution in [0, 0.1) is 0 Å². The van der Waals surface area contributed by atoms with E-state index in [9.17, 15) is 14.4 Å². The number of halogens is 1. The predicted molar refractivity (Wildman–Crippen MR) is 60.6 cm³/mol. The van der Waals surface area contributed by atoms with Gasteiger partial charge < -0.3 is 5.32 Å². The second-order valence-corrected chi connectivity index (χ2v) is 3.62. The van der Waals surface area contributed by atoms with Crippen LogP contribution in [0.3, 0.4) is 0 Å². The van der Waals surface area contributed by atoms with Crippen LogP contribution in [0.15, 0.2) is 24.3 Å². The number of ketones is 1. The van der Waals surface area contributed by atoms with Crippen LogP contribution in [0.2, 0.25) is 0 Å². The molecule has 1 N–H and O–H groups in total. The summed E-state index contributed by atoms with van der Waals surface area (Å²) in [5.74, 6) is -0.581. The molecule has 0 aromatic heterocycles. The lowest BCUT2D eigenvalue weighted by molar-refractivity contribution is -0.124. The minimum absolute atomic E-state index is 0.157. The molecule has 0 heterocycles. The van der Waals surface area contributed by atoms with E-state index in [0.717, 1.165) is 0 Å². The highest BCUT2D eigenvalue weighted by atomic mass is 35.5. The van der Waals surface area contributed by atoms with E-state index in [4.69, 9.17) is 11.6 Å². The van der Waals surface area contributed by atoms with Crippen LogP contribution in [-0.2, 0) is 9.59 Å². The summed E-state index contributed by atoms with van der Waals surface area (Å²) < 4.78 is 0. The third-order valence-corrected chi connectivity index (χ3v) is 2.02. The number of hydrogen-bond donors (Lipinski definition) is 1. The summed E-state index contributed by atoms with van der Waals surface area (Å²) in [7, 11) is 0. The van der Waals surface area contributed by atoms with Gasteiger partial charge in [-0.1, -0.05) is 0 Å². The van der Waals surface area contributed by atoms with E-state index >= 15 is 0 Å². The Morgan fingerprint density at radius 1 is 1.19 bits per heavy atom. The molecule has 0 bridgehead atoms. The Bertz CT molecular complexity index is 425. The molecular weight excluding hydrogens is 230 g/mol. The number of carbonyl (C=O) groups is 3. The predicted octanol–water partition coefficient (Wildman–Crippen LogP) is 1.98. The lowest BCUT2D eigenvalue weighted by atomic mass is 10.2. The average Bonchev–Trinajstić information content (AvgIpc) is 2.16. The van der Waals surface area contributed by atoms with E-state index in [1.165, 1.54) is 19.1 Å². The summed E-state index contributed by atoms with van der Waals surface area (Å²) in [5, 5.41) is 1.97. The Morgan fingerprint density at radius 3 is 2.19 bits per heavy atom. The molecule has 0 spiro atoms. The molecular formula is C11H10ClNO3. The standard InChI is InChI=1S/C11H10ClNO3/c1-7(14)6-10(15)13-9-4-2-8(3-5-9)11(12)16/h2-5H,6H2,1H3,(H,13,15). The molecule has 1 aromatic rings. The zero-order chi connectivity index (χ0) is 12.1. The summed E-state index contributed by atoms with van der Waals surface area (Å²) in [5.41, 5.74) is 0.874. The zero-order valence-corrected chi connectivity index (χ0v) is 9.38. The van der Waals surface area contributed by atoms with Gasteiger partial charge in [-0.25, -0.2) is 0 Å². The van der Waals surface area contributed by atoms with E-state index in [2.05, 4.69) is 5.32 Å². The van der Waals surface area contributed by atoms with Crippen molar-refractivity contribution in [2.75, 3.05) is 5.32 Å². The molecule has 0 unspecified atom stereocenters. The second kappa shape index (κ2) is 5.42. The van der Waals surface area contributed by atoms with Gasteiger partial charge in [0.2, 0.25) is 5.91 Å². The molecule has 0 aliphatic carbocycles. The van der Waals surface area contributed by atoms with Gasteiger partial charge in [-0.15, -0.1) is 0 Å². The topological polar surface area (TPSA) is 63.2 Å². The van der Waals surface area contributed by atoms with Crippen molar-refractivity contribution in [3.63, 3.8) is 0 Å². The van der Waals surface area contributed by atoms with E-state index in [1.54, 1.807) is 12.1 Å². The first-order chi connectivity index (χ1) is 7.49. The average molecular weight is 240 g/mol. The van der Waals surface area contributed by atoms with Gasteiger partial charge in [0.1, 0.15) is 5.78 Å². The fourth-order valence-corrected chi connectivity index (χ4v) is 1.24. The van der Waals surface area contributed by atoms with Gasteiger partial charge in [0, 0.05) is 11.3 Å². The first kappa shape index (κ1) is 12.4. The number of Topliss-reactive ketones (excluding diaryl/α,β-unsaturated/α-hetero) is 1. The summed E-state index contributed by atoms with van der Waals surface area (Å²) in [6.45, 7) is 1.34. The highest BCUT2D eigenvalue weighted by molar-refractivity contribution is 6.67. The lowest BCUT2D eigenvalue weighted by Gasteiger charge is -2.03. The summed E-state index contributed by atoms with van der Waals surface area (Å²) in [6.07, 6.45) is -0.157. The molecule has 0 saturated heterocycles. The van der Waals surface area contributed by atoms with E-state index in [-0.39, 0.29) is 18.1 Å². The van der Waals surface area contributed by atoms with Crippen LogP contribution in [0.4, 0.5) is 5.69 Å². The maximum absolute atomic E-state index is 11.2. The summed E-state index contributed by atoms with van der Waals surface area (Å²) >= 11 is 5.26. The van der Waals surface area contributed by atoms with Crippen LogP contribution in [0.1, 0.15) is 23.7 Å². The minimum atomic E-state index is -0.554. The molecule has 16 heavy (non-hydrogen) atoms. The Hall–Kier alpha value is -1.68. The molecule has 1 amide bonds. The largest absolute Gasteiger partial charge is 0.326 e. The van der Waals surface area contributed by atoms with Crippen LogP contribution in [0.25, 0.3) is 0 Å². The molecule has 0 aliphatic rings. The van der Waals surface area contributed by atoms with E-state index in [1.807, 2.05) is 0 Å². The Morgan fingerprint density at radius 2 is 1.75 bits per heavy atom. The molecule has 5 heteroatoms. The van der Waals surface area contributed by atoms with Crippen LogP contribution in [-0.4, -0.2) is 16.9 Å². The SMILES string of the molecule is CC(=O)CC(=O)Nc1ccc(C(=O)Cl)cc1. The Labute approximate surface area is 97.6 Å². The van der Waals surface area contributed by atoms with Crippen molar-refractivity contribution in [3.05, 3.63) is 29.8 Å². The second-order valence-electron chi connectivity index (χ2n) is 3.28. The smallest absolute Gasteiger partial charge is 0.252 e. The van der Waals surface area contributed by atoms with Gasteiger partial charge in [-0.3, -0.25) is 14.4 Å². The highest BCUT2D eigenvalue weighted by Gasteiger charge is 2.06. The molecule has 0 radical (unpaired) electrons. The third-order valence-electron chi connectivity index (χ3n) is 1.81. The number of rotatable bonds is 4. The number of hydrogen-bond acceptors (Lipinski definition) is 3. The van der Waals surface area contributed by atoms with Crippen molar-refractivity contribution in [2.24, 2.45) is 0 Å². The third kappa shape index (κ3) is 3.82. The maximum atomic E-state index is 11.2. The fraction of sp³-hybridized carbons (Fsp3) is 0.182. The zero-order valence-electron chi connectivity index (χ0n) is 8.62. The summed E-state index contributed by atoms with van der Waals surface area (Å²) in [4.78, 5) is 32.6. The van der Waals surface area contributed by atoms with Crippen LogP contribution < -0.4 is 5.32 Å². The molecule has 1 aromatic carbocycles. The number of anilines is 1. The number of amides is 1. The van der Waals surface area contributed by atoms with Gasteiger partial charge in [0.15, 0.2) is 0 Å². The van der Waals surface area contributed by atoms with Crippen molar-refractivity contribution < 1.29 is 14.4 Å². The van der Waals surface area contributed by atoms with Gasteiger partial charge in [-0.05, 0) is 42.8 Å². The fourth-order valence-electron chi connectivity index (χ4n) is 1.12. The monoisotopic (exact) mass is 239 g/mol. The van der Waals surface area contributed by atoms with Crippen molar-refractivity contribution in [1.29, 1.82) is 0 Å². The minimum Gasteiger partial charge on any atom is -0.326 e. The van der Waals surface area contributed by atoms with E-state index in [0.29, 0.717) is 11.3 Å². The van der Waals surface area contributed by atoms with Crippen molar-refractivity contribution in [2.45, 2.75) is 13.3 Å². The van der Waals surface area contributed by atoms with Crippen molar-refractivity contribution in [1.82, 2.24) is 0 Å². The molecule has 4 nitrogen and oxygen atoms in total. The quantitative estimate of drug-likeness (QED) is 0.646. The molecule has 0 atom stereocenters. The van der Waals surface area contributed by atoms with Crippen LogP contribution in [0.5, 0.6) is 0 Å². The van der Waals surface area contributed by atoms with E-state index < -0.39 is 5.24 Å². The molecule has 1 rings (SSSR count). The van der Waals surface area contributed by atoms with Gasteiger partial charge in [-0.2, -0.15) is 0 Å². The highest BCUT2D eigenvalue weighted by Crippen LogP contribution is 2.11. The van der Waals surface area contributed by atoms with Crippen molar-refractivity contribution in [3.8, 4) is 0 Å². The summed E-state index contributed by atoms with van der Waals surface area (Å²) in [6, 6.07) is 6.10. The number of nitrogens with one attached hydrogen (secondary N) is 1. The van der Waals surface area contributed by atoms with Gasteiger partial charge in [0.05, 0.1) is 6.42 Å². The first-order valence-electron chi connectivity index (χ1n) is 4.58. The lowest BCUT2D eigenvalue weighted by Crippen LogP contribution is -2.14. The van der Waals surface area contributed by atoms with Gasteiger partial charge in [0.25, 0.3) is 5.24 Å². The van der Waals surface area contributed by atoms with Crippen molar-refractivity contribution >= 4 is 34.2 Å². The molecule has 84 valence electrons. The first-order valence-corrected chi connectivity index (χ1v) is 4.96. The molecule has 0 fully saturated rings.